The first-order valence-corrected chi connectivity index (χ1v) is 8.62. The molecule has 0 aliphatic heterocycles. The summed E-state index contributed by atoms with van der Waals surface area (Å²) in [6.07, 6.45) is 2.89. The van der Waals surface area contributed by atoms with Crippen molar-refractivity contribution in [2.75, 3.05) is 13.7 Å². The Bertz CT molecular complexity index is 542. The standard InChI is InChI=1S/C12H20N2O3S2/c1-9-7-18-10(6-13)11(9)19(15,16)14-8-12(17-2)4-3-5-12/h7,14H,3-6,8,13H2,1-2H3. The highest BCUT2D eigenvalue weighted by Gasteiger charge is 2.38. The van der Waals surface area contributed by atoms with E-state index in [0.29, 0.717) is 16.3 Å². The van der Waals surface area contributed by atoms with Gasteiger partial charge in [-0.2, -0.15) is 0 Å². The summed E-state index contributed by atoms with van der Waals surface area (Å²) < 4.78 is 32.9. The van der Waals surface area contributed by atoms with E-state index in [-0.39, 0.29) is 12.1 Å². The first-order chi connectivity index (χ1) is 8.94. The molecule has 0 radical (unpaired) electrons. The second-order valence-electron chi connectivity index (χ2n) is 4.94. The molecule has 5 nitrogen and oxygen atoms in total. The fourth-order valence-corrected chi connectivity index (χ4v) is 5.12. The van der Waals surface area contributed by atoms with E-state index in [1.54, 1.807) is 14.0 Å². The van der Waals surface area contributed by atoms with Crippen LogP contribution in [0.4, 0.5) is 0 Å². The second-order valence-corrected chi connectivity index (χ2v) is 7.61. The predicted octanol–water partition coefficient (Wildman–Crippen LogP) is 1.36. The third-order valence-electron chi connectivity index (χ3n) is 3.73. The number of hydrogen-bond acceptors (Lipinski definition) is 5. The molecule has 108 valence electrons. The highest BCUT2D eigenvalue weighted by molar-refractivity contribution is 7.89. The van der Waals surface area contributed by atoms with Crippen molar-refractivity contribution in [1.82, 2.24) is 4.72 Å². The van der Waals surface area contributed by atoms with Crippen molar-refractivity contribution in [3.63, 3.8) is 0 Å². The van der Waals surface area contributed by atoms with Crippen LogP contribution in [0, 0.1) is 6.92 Å². The average molecular weight is 304 g/mol. The molecule has 0 aromatic carbocycles. The van der Waals surface area contributed by atoms with Crippen molar-refractivity contribution in [2.24, 2.45) is 5.73 Å². The lowest BCUT2D eigenvalue weighted by atomic mass is 9.80. The van der Waals surface area contributed by atoms with Crippen LogP contribution in [0.1, 0.15) is 29.7 Å². The van der Waals surface area contributed by atoms with E-state index in [1.807, 2.05) is 5.38 Å². The molecule has 19 heavy (non-hydrogen) atoms. The lowest BCUT2D eigenvalue weighted by molar-refractivity contribution is -0.0659. The lowest BCUT2D eigenvalue weighted by Crippen LogP contribution is -2.49. The molecule has 7 heteroatoms. The molecule has 1 fully saturated rings. The zero-order valence-electron chi connectivity index (χ0n) is 11.2. The third-order valence-corrected chi connectivity index (χ3v) is 6.61. The van der Waals surface area contributed by atoms with Gasteiger partial charge in [0, 0.05) is 25.1 Å². The molecular formula is C12H20N2O3S2. The minimum Gasteiger partial charge on any atom is -0.377 e. The Hall–Kier alpha value is -0.470. The van der Waals surface area contributed by atoms with E-state index in [4.69, 9.17) is 10.5 Å². The third kappa shape index (κ3) is 2.85. The van der Waals surface area contributed by atoms with Gasteiger partial charge >= 0.3 is 0 Å². The van der Waals surface area contributed by atoms with Crippen LogP contribution in [0.15, 0.2) is 10.3 Å². The summed E-state index contributed by atoms with van der Waals surface area (Å²) in [6, 6.07) is 0. The quantitative estimate of drug-likeness (QED) is 0.831. The first kappa shape index (κ1) is 14.9. The Morgan fingerprint density at radius 3 is 2.68 bits per heavy atom. The Labute approximate surface area is 118 Å². The maximum atomic E-state index is 12.4. The topological polar surface area (TPSA) is 81.4 Å². The van der Waals surface area contributed by atoms with E-state index >= 15 is 0 Å². The number of thiophene rings is 1. The average Bonchev–Trinajstić information content (AvgIpc) is 2.70. The molecule has 0 bridgehead atoms. The van der Waals surface area contributed by atoms with Crippen LogP contribution < -0.4 is 10.5 Å². The first-order valence-electron chi connectivity index (χ1n) is 6.26. The number of sulfonamides is 1. The van der Waals surface area contributed by atoms with Gasteiger partial charge in [0.25, 0.3) is 0 Å². The van der Waals surface area contributed by atoms with Gasteiger partial charge in [-0.05, 0) is 37.1 Å². The van der Waals surface area contributed by atoms with E-state index in [0.717, 1.165) is 24.8 Å². The van der Waals surface area contributed by atoms with Crippen molar-refractivity contribution >= 4 is 21.4 Å². The Morgan fingerprint density at radius 2 is 2.21 bits per heavy atom. The van der Waals surface area contributed by atoms with Crippen molar-refractivity contribution < 1.29 is 13.2 Å². The summed E-state index contributed by atoms with van der Waals surface area (Å²) >= 11 is 1.39. The van der Waals surface area contributed by atoms with Gasteiger partial charge in [-0.3, -0.25) is 0 Å². The van der Waals surface area contributed by atoms with Gasteiger partial charge < -0.3 is 10.5 Å². The van der Waals surface area contributed by atoms with Crippen molar-refractivity contribution in [3.8, 4) is 0 Å². The molecule has 1 aliphatic rings. The van der Waals surface area contributed by atoms with Gasteiger partial charge in [0.05, 0.1) is 5.60 Å². The highest BCUT2D eigenvalue weighted by Crippen LogP contribution is 2.35. The molecule has 0 atom stereocenters. The minimum atomic E-state index is -3.51. The number of hydrogen-bond donors (Lipinski definition) is 2. The molecule has 0 amide bonds. The van der Waals surface area contributed by atoms with Crippen LogP contribution in [0.5, 0.6) is 0 Å². The van der Waals surface area contributed by atoms with Crippen molar-refractivity contribution in [3.05, 3.63) is 15.8 Å². The number of rotatable bonds is 6. The van der Waals surface area contributed by atoms with Gasteiger partial charge in [-0.15, -0.1) is 11.3 Å². The molecule has 0 spiro atoms. The maximum absolute atomic E-state index is 12.4. The van der Waals surface area contributed by atoms with Crippen molar-refractivity contribution in [1.29, 1.82) is 0 Å². The molecule has 3 N–H and O–H groups in total. The fourth-order valence-electron chi connectivity index (χ4n) is 2.31. The smallest absolute Gasteiger partial charge is 0.242 e. The highest BCUT2D eigenvalue weighted by atomic mass is 32.2. The zero-order valence-corrected chi connectivity index (χ0v) is 12.9. The minimum absolute atomic E-state index is 0.240. The van der Waals surface area contributed by atoms with Crippen LogP contribution in [0.25, 0.3) is 0 Å². The van der Waals surface area contributed by atoms with Gasteiger partial charge in [0.2, 0.25) is 10.0 Å². The Balaban J connectivity index is 2.16. The zero-order chi connectivity index (χ0) is 14.1. The summed E-state index contributed by atoms with van der Waals surface area (Å²) in [5, 5.41) is 1.83. The summed E-state index contributed by atoms with van der Waals surface area (Å²) in [4.78, 5) is 1.04. The van der Waals surface area contributed by atoms with E-state index in [9.17, 15) is 8.42 Å². The number of methoxy groups -OCH3 is 1. The van der Waals surface area contributed by atoms with Gasteiger partial charge in [-0.1, -0.05) is 0 Å². The molecule has 1 aromatic heterocycles. The Kier molecular flexibility index (Phi) is 4.32. The monoisotopic (exact) mass is 304 g/mol. The fraction of sp³-hybridized carbons (Fsp3) is 0.667. The summed E-state index contributed by atoms with van der Waals surface area (Å²) in [5.41, 5.74) is 6.03. The normalized spacial score (nSPS) is 18.3. The lowest BCUT2D eigenvalue weighted by Gasteiger charge is -2.40. The van der Waals surface area contributed by atoms with Crippen LogP contribution in [0.3, 0.4) is 0 Å². The molecule has 1 saturated carbocycles. The number of nitrogens with two attached hydrogens (primary N) is 1. The molecule has 0 saturated heterocycles. The summed E-state index contributed by atoms with van der Waals surface area (Å²) in [7, 11) is -1.88. The SMILES string of the molecule is COC1(CNS(=O)(=O)c2c(C)csc2CN)CCC1. The molecule has 1 heterocycles. The molecular weight excluding hydrogens is 284 g/mol. The van der Waals surface area contributed by atoms with Crippen LogP contribution in [-0.2, 0) is 21.3 Å². The summed E-state index contributed by atoms with van der Waals surface area (Å²) in [6.45, 7) is 2.36. The molecule has 1 aliphatic carbocycles. The molecule has 2 rings (SSSR count). The van der Waals surface area contributed by atoms with Crippen LogP contribution in [0.2, 0.25) is 0 Å². The van der Waals surface area contributed by atoms with Gasteiger partial charge in [-0.25, -0.2) is 13.1 Å². The number of ether oxygens (including phenoxy) is 1. The van der Waals surface area contributed by atoms with Gasteiger partial charge in [0.1, 0.15) is 4.90 Å². The van der Waals surface area contributed by atoms with Crippen LogP contribution in [-0.4, -0.2) is 27.7 Å². The molecule has 1 aromatic rings. The largest absolute Gasteiger partial charge is 0.377 e. The summed E-state index contributed by atoms with van der Waals surface area (Å²) in [5.74, 6) is 0. The van der Waals surface area contributed by atoms with E-state index < -0.39 is 10.0 Å². The van der Waals surface area contributed by atoms with Gasteiger partial charge in [0.15, 0.2) is 0 Å². The molecule has 0 unspecified atom stereocenters. The van der Waals surface area contributed by atoms with Crippen molar-refractivity contribution in [2.45, 2.75) is 43.2 Å². The number of nitrogens with one attached hydrogen (secondary N) is 1. The second kappa shape index (κ2) is 5.49. The van der Waals surface area contributed by atoms with E-state index in [1.165, 1.54) is 11.3 Å². The predicted molar refractivity (Wildman–Crippen MR) is 75.7 cm³/mol. The Morgan fingerprint density at radius 1 is 1.53 bits per heavy atom. The number of aryl methyl sites for hydroxylation is 1. The maximum Gasteiger partial charge on any atom is 0.242 e. The van der Waals surface area contributed by atoms with E-state index in [2.05, 4.69) is 4.72 Å². The van der Waals surface area contributed by atoms with Crippen LogP contribution >= 0.6 is 11.3 Å².